The molecule has 0 aliphatic carbocycles. The lowest BCUT2D eigenvalue weighted by atomic mass is 9.94. The first-order valence-corrected chi connectivity index (χ1v) is 8.03. The van der Waals surface area contributed by atoms with Crippen molar-refractivity contribution < 1.29 is 4.79 Å². The number of nitrogens with zero attached hydrogens (tertiary/aromatic N) is 1. The lowest BCUT2D eigenvalue weighted by molar-refractivity contribution is -0.131. The first kappa shape index (κ1) is 13.0. The number of piperidine rings is 1. The van der Waals surface area contributed by atoms with Gasteiger partial charge < -0.3 is 10.2 Å². The van der Waals surface area contributed by atoms with Crippen molar-refractivity contribution in [3.63, 3.8) is 0 Å². The number of rotatable bonds is 4. The molecule has 3 nitrogen and oxygen atoms in total. The second-order valence-electron chi connectivity index (χ2n) is 5.26. The van der Waals surface area contributed by atoms with Gasteiger partial charge in [0.25, 0.3) is 0 Å². The third-order valence-electron chi connectivity index (χ3n) is 4.00. The summed E-state index contributed by atoms with van der Waals surface area (Å²) in [6.45, 7) is 2.84. The van der Waals surface area contributed by atoms with Gasteiger partial charge in [-0.2, -0.15) is 0 Å². The van der Waals surface area contributed by atoms with Gasteiger partial charge in [-0.25, -0.2) is 0 Å². The van der Waals surface area contributed by atoms with E-state index in [9.17, 15) is 4.79 Å². The molecule has 0 saturated carbocycles. The van der Waals surface area contributed by atoms with E-state index in [0.29, 0.717) is 11.9 Å². The van der Waals surface area contributed by atoms with Gasteiger partial charge in [0, 0.05) is 29.8 Å². The van der Waals surface area contributed by atoms with Gasteiger partial charge in [0.1, 0.15) is 0 Å². The Balaban J connectivity index is 1.49. The van der Waals surface area contributed by atoms with Crippen LogP contribution in [0.5, 0.6) is 0 Å². The number of hydrogen-bond acceptors (Lipinski definition) is 3. The first-order chi connectivity index (χ1) is 9.34. The maximum absolute atomic E-state index is 12.3. The second-order valence-corrected chi connectivity index (χ2v) is 6.42. The molecule has 1 amide bonds. The van der Waals surface area contributed by atoms with Crippen LogP contribution in [0.4, 0.5) is 0 Å². The average Bonchev–Trinajstić information content (AvgIpc) is 2.78. The van der Waals surface area contributed by atoms with Crippen LogP contribution in [0.1, 0.15) is 12.8 Å². The summed E-state index contributed by atoms with van der Waals surface area (Å²) in [7, 11) is 0. The van der Waals surface area contributed by atoms with Crippen molar-refractivity contribution in [3.05, 3.63) is 30.3 Å². The van der Waals surface area contributed by atoms with Crippen LogP contribution in [0, 0.1) is 5.92 Å². The molecule has 4 heteroatoms. The van der Waals surface area contributed by atoms with Crippen LogP contribution >= 0.6 is 11.8 Å². The molecule has 2 atom stereocenters. The maximum Gasteiger partial charge on any atom is 0.227 e. The van der Waals surface area contributed by atoms with E-state index in [4.69, 9.17) is 0 Å². The van der Waals surface area contributed by atoms with Crippen molar-refractivity contribution in [2.75, 3.05) is 25.4 Å². The van der Waals surface area contributed by atoms with Gasteiger partial charge in [-0.1, -0.05) is 18.2 Å². The molecule has 102 valence electrons. The fraction of sp³-hybridized carbons (Fsp3) is 0.533. The van der Waals surface area contributed by atoms with E-state index in [1.54, 1.807) is 0 Å². The van der Waals surface area contributed by atoms with Crippen molar-refractivity contribution >= 4 is 17.7 Å². The van der Waals surface area contributed by atoms with Crippen LogP contribution in [0.25, 0.3) is 0 Å². The van der Waals surface area contributed by atoms with E-state index in [-0.39, 0.29) is 5.92 Å². The lowest BCUT2D eigenvalue weighted by Gasteiger charge is -2.23. The highest BCUT2D eigenvalue weighted by molar-refractivity contribution is 7.99. The molecular weight excluding hydrogens is 256 g/mol. The summed E-state index contributed by atoms with van der Waals surface area (Å²) in [5.41, 5.74) is 0. The Morgan fingerprint density at radius 1 is 1.32 bits per heavy atom. The van der Waals surface area contributed by atoms with Crippen LogP contribution in [0.3, 0.4) is 0 Å². The molecule has 2 aliphatic rings. The normalized spacial score (nSPS) is 26.5. The van der Waals surface area contributed by atoms with Gasteiger partial charge in [0.15, 0.2) is 0 Å². The Morgan fingerprint density at radius 2 is 2.16 bits per heavy atom. The lowest BCUT2D eigenvalue weighted by Crippen LogP contribution is -2.41. The smallest absolute Gasteiger partial charge is 0.227 e. The molecule has 2 heterocycles. The fourth-order valence-corrected chi connectivity index (χ4v) is 3.89. The maximum atomic E-state index is 12.3. The van der Waals surface area contributed by atoms with E-state index in [2.05, 4.69) is 29.6 Å². The molecule has 2 unspecified atom stereocenters. The number of fused-ring (bicyclic) bond motifs is 1. The van der Waals surface area contributed by atoms with E-state index in [0.717, 1.165) is 38.2 Å². The van der Waals surface area contributed by atoms with Crippen LogP contribution in [0.15, 0.2) is 35.2 Å². The molecule has 1 aromatic rings. The highest BCUT2D eigenvalue weighted by atomic mass is 32.2. The van der Waals surface area contributed by atoms with Gasteiger partial charge in [0.05, 0.1) is 5.92 Å². The van der Waals surface area contributed by atoms with Crippen LogP contribution in [-0.2, 0) is 4.79 Å². The molecule has 0 bridgehead atoms. The largest absolute Gasteiger partial charge is 0.340 e. The van der Waals surface area contributed by atoms with E-state index < -0.39 is 0 Å². The highest BCUT2D eigenvalue weighted by Gasteiger charge is 2.40. The fourth-order valence-electron chi connectivity index (χ4n) is 2.99. The van der Waals surface area contributed by atoms with E-state index in [1.807, 2.05) is 22.7 Å². The molecule has 2 saturated heterocycles. The summed E-state index contributed by atoms with van der Waals surface area (Å²) in [6.07, 6.45) is 2.21. The predicted octanol–water partition coefficient (Wildman–Crippen LogP) is 1.99. The van der Waals surface area contributed by atoms with Crippen molar-refractivity contribution in [3.8, 4) is 0 Å². The number of carbonyl (C=O) groups excluding carboxylic acids is 1. The molecule has 3 rings (SSSR count). The zero-order valence-electron chi connectivity index (χ0n) is 11.0. The minimum absolute atomic E-state index is 0.246. The van der Waals surface area contributed by atoms with Gasteiger partial charge in [-0.05, 0) is 31.5 Å². The van der Waals surface area contributed by atoms with Crippen molar-refractivity contribution in [1.29, 1.82) is 0 Å². The molecular formula is C15H20N2OS. The molecule has 2 fully saturated rings. The highest BCUT2D eigenvalue weighted by Crippen LogP contribution is 2.27. The molecule has 19 heavy (non-hydrogen) atoms. The van der Waals surface area contributed by atoms with Crippen molar-refractivity contribution in [1.82, 2.24) is 10.2 Å². The molecule has 1 N–H and O–H groups in total. The van der Waals surface area contributed by atoms with Gasteiger partial charge in [-0.3, -0.25) is 4.79 Å². The first-order valence-electron chi connectivity index (χ1n) is 7.04. The summed E-state index contributed by atoms with van der Waals surface area (Å²) in [5, 5.41) is 3.48. The summed E-state index contributed by atoms with van der Waals surface area (Å²) in [6, 6.07) is 10.8. The third kappa shape index (κ3) is 2.95. The number of thioether (sulfide) groups is 1. The van der Waals surface area contributed by atoms with Crippen LogP contribution < -0.4 is 5.32 Å². The third-order valence-corrected chi connectivity index (χ3v) is 5.00. The molecule has 0 aromatic heterocycles. The molecule has 0 spiro atoms. The Morgan fingerprint density at radius 3 is 2.95 bits per heavy atom. The number of carbonyl (C=O) groups is 1. The van der Waals surface area contributed by atoms with Crippen LogP contribution in [0.2, 0.25) is 0 Å². The average molecular weight is 276 g/mol. The minimum atomic E-state index is 0.246. The van der Waals surface area contributed by atoms with Gasteiger partial charge in [0.2, 0.25) is 5.91 Å². The zero-order valence-corrected chi connectivity index (χ0v) is 11.9. The van der Waals surface area contributed by atoms with Crippen LogP contribution in [-0.4, -0.2) is 42.2 Å². The summed E-state index contributed by atoms with van der Waals surface area (Å²) >= 11 is 1.83. The van der Waals surface area contributed by atoms with Crippen molar-refractivity contribution in [2.45, 2.75) is 23.8 Å². The SMILES string of the molecule is O=C1C2CCCNC2CN1CCSc1ccccc1. The number of nitrogens with one attached hydrogen (secondary N) is 1. The number of amides is 1. The Hall–Kier alpha value is -1.00. The Bertz CT molecular complexity index is 437. The number of benzene rings is 1. The summed E-state index contributed by atoms with van der Waals surface area (Å²) < 4.78 is 0. The topological polar surface area (TPSA) is 32.3 Å². The van der Waals surface area contributed by atoms with E-state index in [1.165, 1.54) is 4.90 Å². The minimum Gasteiger partial charge on any atom is -0.340 e. The number of hydrogen-bond donors (Lipinski definition) is 1. The predicted molar refractivity (Wildman–Crippen MR) is 78.3 cm³/mol. The summed E-state index contributed by atoms with van der Waals surface area (Å²) in [5.74, 6) is 1.59. The standard InChI is InChI=1S/C15H20N2OS/c18-15-13-7-4-8-16-14(13)11-17(15)9-10-19-12-5-2-1-3-6-12/h1-3,5-6,13-14,16H,4,7-11H2. The monoisotopic (exact) mass is 276 g/mol. The van der Waals surface area contributed by atoms with Crippen molar-refractivity contribution in [2.24, 2.45) is 5.92 Å². The Kier molecular flexibility index (Phi) is 4.09. The number of likely N-dealkylation sites (tertiary alicyclic amines) is 1. The molecule has 2 aliphatic heterocycles. The second kappa shape index (κ2) is 5.97. The quantitative estimate of drug-likeness (QED) is 0.854. The van der Waals surface area contributed by atoms with Gasteiger partial charge >= 0.3 is 0 Å². The summed E-state index contributed by atoms with van der Waals surface area (Å²) in [4.78, 5) is 15.6. The van der Waals surface area contributed by atoms with E-state index >= 15 is 0 Å². The zero-order chi connectivity index (χ0) is 13.1. The molecule has 1 aromatic carbocycles. The molecule has 0 radical (unpaired) electrons. The Labute approximate surface area is 118 Å². The van der Waals surface area contributed by atoms with Gasteiger partial charge in [-0.15, -0.1) is 11.8 Å².